The van der Waals surface area contributed by atoms with Crippen molar-refractivity contribution in [1.82, 2.24) is 0 Å². The number of ketones is 1. The van der Waals surface area contributed by atoms with Gasteiger partial charge in [-0.3, -0.25) is 4.79 Å². The van der Waals surface area contributed by atoms with E-state index < -0.39 is 6.61 Å². The number of carbonyl (C=O) groups is 1. The second kappa shape index (κ2) is 6.15. The van der Waals surface area contributed by atoms with Crippen LogP contribution in [0.2, 0.25) is 5.02 Å². The molecule has 2 nitrogen and oxygen atoms in total. The van der Waals surface area contributed by atoms with Gasteiger partial charge in [0.1, 0.15) is 5.75 Å². The topological polar surface area (TPSA) is 26.3 Å². The number of ether oxygens (including phenoxy) is 1. The second-order valence-electron chi connectivity index (χ2n) is 2.86. The van der Waals surface area contributed by atoms with E-state index in [0.717, 1.165) is 0 Å². The highest BCUT2D eigenvalue weighted by Gasteiger charge is 2.15. The molecule has 0 amide bonds. The van der Waals surface area contributed by atoms with Crippen LogP contribution in [0.5, 0.6) is 5.75 Å². The van der Waals surface area contributed by atoms with Crippen LogP contribution in [0.1, 0.15) is 16.8 Å². The van der Waals surface area contributed by atoms with Gasteiger partial charge in [0.2, 0.25) is 0 Å². The fourth-order valence-electron chi connectivity index (χ4n) is 1.13. The van der Waals surface area contributed by atoms with E-state index in [9.17, 15) is 13.6 Å². The monoisotopic (exact) mass is 312 g/mol. The molecule has 0 aliphatic rings. The van der Waals surface area contributed by atoms with E-state index in [1.165, 1.54) is 18.2 Å². The molecule has 0 saturated heterocycles. The molecule has 0 aromatic heterocycles. The Morgan fingerprint density at radius 1 is 1.50 bits per heavy atom. The van der Waals surface area contributed by atoms with Crippen LogP contribution in [0.3, 0.4) is 0 Å². The lowest BCUT2D eigenvalue weighted by molar-refractivity contribution is -0.0498. The third kappa shape index (κ3) is 3.42. The van der Waals surface area contributed by atoms with Crippen LogP contribution < -0.4 is 4.74 Å². The van der Waals surface area contributed by atoms with Gasteiger partial charge in [-0.15, -0.1) is 0 Å². The molecule has 0 aliphatic heterocycles. The molecule has 0 bridgehead atoms. The summed E-state index contributed by atoms with van der Waals surface area (Å²) in [6.07, 6.45) is 0.248. The van der Waals surface area contributed by atoms with E-state index in [0.29, 0.717) is 5.33 Å². The number of carbonyl (C=O) groups excluding carboxylic acids is 1. The van der Waals surface area contributed by atoms with Gasteiger partial charge in [-0.1, -0.05) is 33.6 Å². The maximum atomic E-state index is 12.0. The van der Waals surface area contributed by atoms with Crippen molar-refractivity contribution in [2.45, 2.75) is 13.0 Å². The summed E-state index contributed by atoms with van der Waals surface area (Å²) in [5.74, 6) is -0.404. The number of halogens is 4. The number of alkyl halides is 3. The average molecular weight is 314 g/mol. The van der Waals surface area contributed by atoms with Crippen LogP contribution in [0.15, 0.2) is 18.2 Å². The molecule has 6 heteroatoms. The molecule has 0 radical (unpaired) electrons. The van der Waals surface area contributed by atoms with Crippen molar-refractivity contribution in [1.29, 1.82) is 0 Å². The van der Waals surface area contributed by atoms with E-state index in [1.54, 1.807) is 0 Å². The predicted molar refractivity (Wildman–Crippen MR) is 60.8 cm³/mol. The number of hydrogen-bond acceptors (Lipinski definition) is 2. The van der Waals surface area contributed by atoms with E-state index in [4.69, 9.17) is 11.6 Å². The third-order valence-electron chi connectivity index (χ3n) is 1.80. The normalized spacial score (nSPS) is 10.6. The Morgan fingerprint density at radius 2 is 2.19 bits per heavy atom. The standard InChI is InChI=1S/C10H8BrClF2O2/c11-5-4-7(15)6-2-1-3-8(9(6)12)16-10(13)14/h1-3,10H,4-5H2. The van der Waals surface area contributed by atoms with Crippen molar-refractivity contribution in [3.8, 4) is 5.75 Å². The molecule has 0 unspecified atom stereocenters. The fraction of sp³-hybridized carbons (Fsp3) is 0.300. The summed E-state index contributed by atoms with van der Waals surface area (Å²) in [5.41, 5.74) is 0.194. The zero-order chi connectivity index (χ0) is 12.1. The Bertz CT molecular complexity index is 385. The lowest BCUT2D eigenvalue weighted by Gasteiger charge is -2.09. The Kier molecular flexibility index (Phi) is 5.15. The molecule has 0 N–H and O–H groups in total. The van der Waals surface area contributed by atoms with E-state index in [2.05, 4.69) is 20.7 Å². The molecule has 1 aromatic rings. The molecule has 1 rings (SSSR count). The zero-order valence-electron chi connectivity index (χ0n) is 8.05. The summed E-state index contributed by atoms with van der Waals surface area (Å²) in [6.45, 7) is -2.96. The van der Waals surface area contributed by atoms with Crippen LogP contribution in [-0.4, -0.2) is 17.7 Å². The average Bonchev–Trinajstić information content (AvgIpc) is 2.21. The van der Waals surface area contributed by atoms with Crippen LogP contribution in [-0.2, 0) is 0 Å². The molecule has 0 fully saturated rings. The first-order chi connectivity index (χ1) is 7.56. The van der Waals surface area contributed by atoms with Crippen molar-refractivity contribution in [3.63, 3.8) is 0 Å². The maximum Gasteiger partial charge on any atom is 0.387 e. The van der Waals surface area contributed by atoms with Crippen LogP contribution >= 0.6 is 27.5 Å². The van der Waals surface area contributed by atoms with Gasteiger partial charge in [-0.25, -0.2) is 0 Å². The van der Waals surface area contributed by atoms with Crippen molar-refractivity contribution < 1.29 is 18.3 Å². The minimum atomic E-state index is -2.96. The summed E-state index contributed by atoms with van der Waals surface area (Å²) >= 11 is 8.90. The Hall–Kier alpha value is -0.680. The lowest BCUT2D eigenvalue weighted by Crippen LogP contribution is -2.06. The van der Waals surface area contributed by atoms with E-state index in [-0.39, 0.29) is 28.5 Å². The summed E-state index contributed by atoms with van der Waals surface area (Å²) in [6, 6.07) is 4.22. The summed E-state index contributed by atoms with van der Waals surface area (Å²) < 4.78 is 28.2. The van der Waals surface area contributed by atoms with Crippen LogP contribution in [0, 0.1) is 0 Å². The Labute approximate surface area is 105 Å². The van der Waals surface area contributed by atoms with Crippen molar-refractivity contribution in [3.05, 3.63) is 28.8 Å². The lowest BCUT2D eigenvalue weighted by atomic mass is 10.1. The maximum absolute atomic E-state index is 12.0. The quantitative estimate of drug-likeness (QED) is 0.608. The highest BCUT2D eigenvalue weighted by Crippen LogP contribution is 2.30. The number of Topliss-reactive ketones (excluding diaryl/α,β-unsaturated/α-hetero) is 1. The van der Waals surface area contributed by atoms with Crippen LogP contribution in [0.4, 0.5) is 8.78 Å². The first-order valence-corrected chi connectivity index (χ1v) is 5.88. The zero-order valence-corrected chi connectivity index (χ0v) is 10.4. The highest BCUT2D eigenvalue weighted by molar-refractivity contribution is 9.09. The van der Waals surface area contributed by atoms with Gasteiger partial charge in [0.05, 0.1) is 5.02 Å². The second-order valence-corrected chi connectivity index (χ2v) is 4.03. The first kappa shape index (κ1) is 13.4. The SMILES string of the molecule is O=C(CCBr)c1cccc(OC(F)F)c1Cl. The van der Waals surface area contributed by atoms with E-state index >= 15 is 0 Å². The molecule has 0 spiro atoms. The predicted octanol–water partition coefficient (Wildman–Crippen LogP) is 3.91. The van der Waals surface area contributed by atoms with Crippen molar-refractivity contribution >= 4 is 33.3 Å². The van der Waals surface area contributed by atoms with Gasteiger partial charge in [0.15, 0.2) is 5.78 Å². The first-order valence-electron chi connectivity index (χ1n) is 4.38. The van der Waals surface area contributed by atoms with Gasteiger partial charge in [0, 0.05) is 17.3 Å². The molecule has 0 aliphatic carbocycles. The molecule has 0 atom stereocenters. The Balaban J connectivity index is 2.99. The molecular weight excluding hydrogens is 305 g/mol. The van der Waals surface area contributed by atoms with Gasteiger partial charge in [0.25, 0.3) is 0 Å². The van der Waals surface area contributed by atoms with Gasteiger partial charge in [-0.05, 0) is 12.1 Å². The summed E-state index contributed by atoms with van der Waals surface area (Å²) in [7, 11) is 0. The Morgan fingerprint density at radius 3 is 2.75 bits per heavy atom. The molecule has 88 valence electrons. The number of hydrogen-bond donors (Lipinski definition) is 0. The molecular formula is C10H8BrClF2O2. The molecule has 16 heavy (non-hydrogen) atoms. The minimum Gasteiger partial charge on any atom is -0.433 e. The van der Waals surface area contributed by atoms with Crippen molar-refractivity contribution in [2.75, 3.05) is 5.33 Å². The van der Waals surface area contributed by atoms with Crippen LogP contribution in [0.25, 0.3) is 0 Å². The van der Waals surface area contributed by atoms with Gasteiger partial charge >= 0.3 is 6.61 Å². The highest BCUT2D eigenvalue weighted by atomic mass is 79.9. The largest absolute Gasteiger partial charge is 0.433 e. The summed E-state index contributed by atoms with van der Waals surface area (Å²) in [4.78, 5) is 11.5. The molecule has 0 saturated carbocycles. The van der Waals surface area contributed by atoms with Gasteiger partial charge < -0.3 is 4.74 Å². The minimum absolute atomic E-state index is 0.0752. The number of benzene rings is 1. The van der Waals surface area contributed by atoms with E-state index in [1.807, 2.05) is 0 Å². The summed E-state index contributed by atoms with van der Waals surface area (Å²) in [5, 5.41) is 0.413. The molecule has 0 heterocycles. The molecule has 1 aromatic carbocycles. The van der Waals surface area contributed by atoms with Crippen molar-refractivity contribution in [2.24, 2.45) is 0 Å². The smallest absolute Gasteiger partial charge is 0.387 e. The number of rotatable bonds is 5. The third-order valence-corrected chi connectivity index (χ3v) is 2.59. The fourth-order valence-corrected chi connectivity index (χ4v) is 1.77. The van der Waals surface area contributed by atoms with Gasteiger partial charge in [-0.2, -0.15) is 8.78 Å².